The lowest BCUT2D eigenvalue weighted by Crippen LogP contribution is -2.17. The first-order valence-electron chi connectivity index (χ1n) is 7.72. The van der Waals surface area contributed by atoms with Crippen LogP contribution in [0.15, 0.2) is 28.6 Å². The molecule has 1 aromatic carbocycles. The van der Waals surface area contributed by atoms with Crippen molar-refractivity contribution in [2.75, 3.05) is 23.9 Å². The van der Waals surface area contributed by atoms with Crippen LogP contribution in [0.25, 0.3) is 0 Å². The van der Waals surface area contributed by atoms with Crippen molar-refractivity contribution in [2.24, 2.45) is 16.2 Å². The van der Waals surface area contributed by atoms with Gasteiger partial charge in [-0.1, -0.05) is 0 Å². The van der Waals surface area contributed by atoms with Gasteiger partial charge in [-0.05, 0) is 43.5 Å². The van der Waals surface area contributed by atoms with Crippen molar-refractivity contribution in [2.45, 2.75) is 19.3 Å². The Kier molecular flexibility index (Phi) is 4.39. The van der Waals surface area contributed by atoms with Crippen molar-refractivity contribution in [3.8, 4) is 0 Å². The first kappa shape index (κ1) is 16.0. The normalized spacial score (nSPS) is 24.7. The number of hydrogen-bond acceptors (Lipinski definition) is 5. The van der Waals surface area contributed by atoms with Crippen molar-refractivity contribution in [3.63, 3.8) is 0 Å². The Morgan fingerprint density at radius 2 is 1.83 bits per heavy atom. The molecule has 7 heteroatoms. The molecule has 6 nitrogen and oxygen atoms in total. The summed E-state index contributed by atoms with van der Waals surface area (Å²) in [5.74, 6) is 0.205. The predicted octanol–water partition coefficient (Wildman–Crippen LogP) is 2.33. The topological polar surface area (TPSA) is 84.8 Å². The third-order valence-electron chi connectivity index (χ3n) is 4.21. The standard InChI is InChI=1S/C16H20N2O4S/c1-22-16(20)14-10-13(14)15(19)17-11-4-6-12(7-5-11)18-23(21)8-2-3-9-23/h4-7,13-14H,2-3,8-10H2,1H3,(H,17,19). The number of methoxy groups -OCH3 is 1. The third-order valence-corrected chi connectivity index (χ3v) is 6.61. The van der Waals surface area contributed by atoms with E-state index in [0.717, 1.165) is 12.8 Å². The minimum Gasteiger partial charge on any atom is -0.469 e. The van der Waals surface area contributed by atoms with Gasteiger partial charge in [-0.3, -0.25) is 9.59 Å². The summed E-state index contributed by atoms with van der Waals surface area (Å²) in [6.07, 6.45) is 2.48. The Morgan fingerprint density at radius 3 is 2.43 bits per heavy atom. The van der Waals surface area contributed by atoms with Gasteiger partial charge in [-0.25, -0.2) is 4.21 Å². The fourth-order valence-electron chi connectivity index (χ4n) is 2.78. The van der Waals surface area contributed by atoms with Gasteiger partial charge in [0.25, 0.3) is 0 Å². The van der Waals surface area contributed by atoms with Gasteiger partial charge in [0.15, 0.2) is 0 Å². The number of carbonyl (C=O) groups excluding carboxylic acids is 2. The Hall–Kier alpha value is -1.89. The van der Waals surface area contributed by atoms with Gasteiger partial charge in [0.2, 0.25) is 5.91 Å². The molecule has 0 bridgehead atoms. The van der Waals surface area contributed by atoms with Gasteiger partial charge in [0.05, 0.1) is 34.4 Å². The zero-order valence-corrected chi connectivity index (χ0v) is 13.8. The lowest BCUT2D eigenvalue weighted by atomic mass is 10.2. The molecule has 23 heavy (non-hydrogen) atoms. The molecular weight excluding hydrogens is 316 g/mol. The van der Waals surface area contributed by atoms with Gasteiger partial charge in [-0.2, -0.15) is 4.36 Å². The molecule has 1 N–H and O–H groups in total. The lowest BCUT2D eigenvalue weighted by molar-refractivity contribution is -0.143. The van der Waals surface area contributed by atoms with E-state index < -0.39 is 9.73 Å². The van der Waals surface area contributed by atoms with E-state index in [-0.39, 0.29) is 23.7 Å². The largest absolute Gasteiger partial charge is 0.469 e. The molecule has 2 unspecified atom stereocenters. The van der Waals surface area contributed by atoms with Crippen LogP contribution < -0.4 is 5.32 Å². The summed E-state index contributed by atoms with van der Waals surface area (Å²) in [7, 11) is -0.753. The Balaban J connectivity index is 1.61. The Morgan fingerprint density at radius 1 is 1.17 bits per heavy atom. The van der Waals surface area contributed by atoms with E-state index in [4.69, 9.17) is 0 Å². The van der Waals surface area contributed by atoms with Crippen molar-refractivity contribution in [3.05, 3.63) is 24.3 Å². The molecule has 1 aromatic rings. The number of anilines is 1. The summed E-state index contributed by atoms with van der Waals surface area (Å²) < 4.78 is 21.4. The average molecular weight is 336 g/mol. The quantitative estimate of drug-likeness (QED) is 0.855. The number of rotatable bonds is 4. The summed E-state index contributed by atoms with van der Waals surface area (Å²) in [4.78, 5) is 23.4. The second-order valence-electron chi connectivity index (χ2n) is 5.99. The molecule has 1 aliphatic carbocycles. The minimum absolute atomic E-state index is 0.174. The maximum Gasteiger partial charge on any atom is 0.309 e. The van der Waals surface area contributed by atoms with Crippen LogP contribution in [-0.4, -0.2) is 34.7 Å². The summed E-state index contributed by atoms with van der Waals surface area (Å²) in [6, 6.07) is 6.99. The molecule has 3 rings (SSSR count). The Bertz CT molecular complexity index is 723. The second kappa shape index (κ2) is 6.31. The van der Waals surface area contributed by atoms with Crippen molar-refractivity contribution in [1.82, 2.24) is 0 Å². The zero-order chi connectivity index (χ0) is 16.4. The summed E-state index contributed by atoms with van der Waals surface area (Å²) in [6.45, 7) is 0. The van der Waals surface area contributed by atoms with Gasteiger partial charge >= 0.3 is 5.97 Å². The van der Waals surface area contributed by atoms with Crippen molar-refractivity contribution >= 4 is 33.0 Å². The predicted molar refractivity (Wildman–Crippen MR) is 87.9 cm³/mol. The molecule has 0 aromatic heterocycles. The van der Waals surface area contributed by atoms with Crippen molar-refractivity contribution in [1.29, 1.82) is 0 Å². The van der Waals surface area contributed by atoms with E-state index in [9.17, 15) is 13.8 Å². The van der Waals surface area contributed by atoms with E-state index in [1.54, 1.807) is 24.3 Å². The first-order valence-corrected chi connectivity index (χ1v) is 9.57. The number of amides is 1. The molecule has 124 valence electrons. The smallest absolute Gasteiger partial charge is 0.309 e. The number of hydrogen-bond donors (Lipinski definition) is 1. The van der Waals surface area contributed by atoms with Crippen LogP contribution in [0.4, 0.5) is 11.4 Å². The van der Waals surface area contributed by atoms with E-state index in [2.05, 4.69) is 14.4 Å². The number of nitrogens with one attached hydrogen (secondary N) is 1. The molecule has 1 heterocycles. The second-order valence-corrected chi connectivity index (χ2v) is 8.53. The van der Waals surface area contributed by atoms with Gasteiger partial charge in [0.1, 0.15) is 0 Å². The highest BCUT2D eigenvalue weighted by molar-refractivity contribution is 7.93. The summed E-state index contributed by atoms with van der Waals surface area (Å²) in [5.41, 5.74) is 1.32. The third kappa shape index (κ3) is 3.72. The van der Waals surface area contributed by atoms with Crippen LogP contribution in [0.5, 0.6) is 0 Å². The van der Waals surface area contributed by atoms with Gasteiger partial charge in [-0.15, -0.1) is 0 Å². The molecule has 2 fully saturated rings. The molecule has 0 spiro atoms. The number of ether oxygens (including phenoxy) is 1. The number of nitrogens with zero attached hydrogens (tertiary/aromatic N) is 1. The molecular formula is C16H20N2O4S. The van der Waals surface area contributed by atoms with Crippen LogP contribution in [0.2, 0.25) is 0 Å². The highest BCUT2D eigenvalue weighted by Gasteiger charge is 2.48. The zero-order valence-electron chi connectivity index (χ0n) is 13.0. The van der Waals surface area contributed by atoms with Crippen LogP contribution in [0.3, 0.4) is 0 Å². The maximum absolute atomic E-state index is 12.4. The van der Waals surface area contributed by atoms with Crippen LogP contribution in [-0.2, 0) is 24.1 Å². The number of benzene rings is 1. The van der Waals surface area contributed by atoms with Crippen LogP contribution in [0, 0.1) is 11.8 Å². The Labute approximate surface area is 135 Å². The molecule has 1 aliphatic heterocycles. The first-order chi connectivity index (χ1) is 11.0. The monoisotopic (exact) mass is 336 g/mol. The van der Waals surface area contributed by atoms with E-state index in [1.807, 2.05) is 0 Å². The molecule has 1 saturated heterocycles. The van der Waals surface area contributed by atoms with Gasteiger partial charge < -0.3 is 10.1 Å². The number of carbonyl (C=O) groups is 2. The lowest BCUT2D eigenvalue weighted by Gasteiger charge is -2.06. The molecule has 1 saturated carbocycles. The van der Waals surface area contributed by atoms with E-state index >= 15 is 0 Å². The average Bonchev–Trinajstić information content (AvgIpc) is 3.24. The highest BCUT2D eigenvalue weighted by atomic mass is 32.2. The van der Waals surface area contributed by atoms with Crippen LogP contribution in [0.1, 0.15) is 19.3 Å². The minimum atomic E-state index is -2.08. The number of esters is 1. The summed E-state index contributed by atoms with van der Waals surface area (Å²) >= 11 is 0. The van der Waals surface area contributed by atoms with Gasteiger partial charge in [0, 0.05) is 17.2 Å². The molecule has 1 amide bonds. The van der Waals surface area contributed by atoms with Crippen molar-refractivity contribution < 1.29 is 18.5 Å². The molecule has 2 aliphatic rings. The highest BCUT2D eigenvalue weighted by Crippen LogP contribution is 2.40. The SMILES string of the molecule is COC(=O)C1CC1C(=O)Nc1ccc(N=S2(=O)CCCC2)cc1. The molecule has 2 atom stereocenters. The van der Waals surface area contributed by atoms with E-state index in [0.29, 0.717) is 29.3 Å². The summed E-state index contributed by atoms with van der Waals surface area (Å²) in [5, 5.41) is 2.78. The fraction of sp³-hybridized carbons (Fsp3) is 0.500. The van der Waals surface area contributed by atoms with E-state index in [1.165, 1.54) is 7.11 Å². The fourth-order valence-corrected chi connectivity index (χ4v) is 4.98. The molecule has 0 radical (unpaired) electrons. The van der Waals surface area contributed by atoms with Crippen LogP contribution >= 0.6 is 0 Å². The maximum atomic E-state index is 12.4.